The summed E-state index contributed by atoms with van der Waals surface area (Å²) in [4.78, 5) is 0. The molecule has 0 radical (unpaired) electrons. The van der Waals surface area contributed by atoms with E-state index in [2.05, 4.69) is 10.6 Å². The van der Waals surface area contributed by atoms with Gasteiger partial charge in [0, 0.05) is 29.7 Å². The molecule has 2 rings (SSSR count). The molecule has 8 heteroatoms. The average molecular weight is 445 g/mol. The van der Waals surface area contributed by atoms with E-state index in [1.165, 1.54) is 12.1 Å². The Kier molecular flexibility index (Phi) is 10.5. The Morgan fingerprint density at radius 1 is 0.931 bits per heavy atom. The van der Waals surface area contributed by atoms with Gasteiger partial charge in [0.2, 0.25) is 0 Å². The van der Waals surface area contributed by atoms with E-state index < -0.39 is 5.82 Å². The maximum absolute atomic E-state index is 13.2. The lowest BCUT2D eigenvalue weighted by atomic mass is 10.2. The summed E-state index contributed by atoms with van der Waals surface area (Å²) in [6, 6.07) is 7.78. The number of rotatable bonds is 13. The molecule has 0 spiro atoms. The maximum Gasteiger partial charge on any atom is 0.163 e. The number of hydrogen-bond donors (Lipinski definition) is 3. The highest BCUT2D eigenvalue weighted by Crippen LogP contribution is 2.34. The Balaban J connectivity index is 1.97. The Morgan fingerprint density at radius 2 is 1.66 bits per heavy atom. The van der Waals surface area contributed by atoms with E-state index in [-0.39, 0.29) is 13.2 Å². The van der Waals surface area contributed by atoms with E-state index >= 15 is 0 Å². The molecule has 2 aromatic rings. The Hall–Kier alpha value is -1.57. The van der Waals surface area contributed by atoms with E-state index in [0.29, 0.717) is 46.8 Å². The van der Waals surface area contributed by atoms with Crippen molar-refractivity contribution in [3.05, 3.63) is 57.3 Å². The average Bonchev–Trinajstić information content (AvgIpc) is 2.69. The molecule has 0 unspecified atom stereocenters. The van der Waals surface area contributed by atoms with Gasteiger partial charge in [-0.15, -0.1) is 0 Å². The van der Waals surface area contributed by atoms with Crippen LogP contribution in [0.2, 0.25) is 10.0 Å². The van der Waals surface area contributed by atoms with Crippen molar-refractivity contribution in [1.29, 1.82) is 0 Å². The lowest BCUT2D eigenvalue weighted by Gasteiger charge is -2.16. The van der Waals surface area contributed by atoms with Crippen LogP contribution in [0.4, 0.5) is 4.39 Å². The molecule has 0 aromatic heterocycles. The fourth-order valence-electron chi connectivity index (χ4n) is 2.65. The summed E-state index contributed by atoms with van der Waals surface area (Å²) >= 11 is 12.5. The Bertz CT molecular complexity index is 778. The highest BCUT2D eigenvalue weighted by atomic mass is 35.5. The predicted octanol–water partition coefficient (Wildman–Crippen LogP) is 4.17. The first-order valence-electron chi connectivity index (χ1n) is 9.59. The van der Waals surface area contributed by atoms with E-state index in [9.17, 15) is 4.39 Å². The highest BCUT2D eigenvalue weighted by molar-refractivity contribution is 6.31. The number of hydrogen-bond acceptors (Lipinski definition) is 5. The molecule has 0 heterocycles. The van der Waals surface area contributed by atoms with Gasteiger partial charge in [0.05, 0.1) is 18.2 Å². The van der Waals surface area contributed by atoms with E-state index in [0.717, 1.165) is 25.1 Å². The summed E-state index contributed by atoms with van der Waals surface area (Å²) in [5.41, 5.74) is 1.58. The van der Waals surface area contributed by atoms with Crippen molar-refractivity contribution in [1.82, 2.24) is 10.6 Å². The molecule has 0 amide bonds. The van der Waals surface area contributed by atoms with Gasteiger partial charge >= 0.3 is 0 Å². The van der Waals surface area contributed by atoms with Gasteiger partial charge in [-0.05, 0) is 50.2 Å². The van der Waals surface area contributed by atoms with Crippen molar-refractivity contribution >= 4 is 23.2 Å². The summed E-state index contributed by atoms with van der Waals surface area (Å²) in [5.74, 6) is 0.712. The number of aliphatic hydroxyl groups is 1. The van der Waals surface area contributed by atoms with Gasteiger partial charge in [-0.1, -0.05) is 29.3 Å². The predicted molar refractivity (Wildman–Crippen MR) is 115 cm³/mol. The first-order chi connectivity index (χ1) is 14.0. The summed E-state index contributed by atoms with van der Waals surface area (Å²) < 4.78 is 24.7. The van der Waals surface area contributed by atoms with Crippen molar-refractivity contribution in [2.45, 2.75) is 26.5 Å². The summed E-state index contributed by atoms with van der Waals surface area (Å²) in [7, 11) is 0. The molecule has 3 N–H and O–H groups in total. The van der Waals surface area contributed by atoms with E-state index in [1.807, 2.05) is 13.0 Å². The number of ether oxygens (including phenoxy) is 2. The largest absolute Gasteiger partial charge is 0.490 e. The molecular formula is C21H27Cl2FN2O3. The molecule has 29 heavy (non-hydrogen) atoms. The van der Waals surface area contributed by atoms with Crippen LogP contribution in [-0.2, 0) is 13.2 Å². The van der Waals surface area contributed by atoms with Gasteiger partial charge in [-0.3, -0.25) is 0 Å². The van der Waals surface area contributed by atoms with Gasteiger partial charge < -0.3 is 25.2 Å². The Labute approximate surface area is 181 Å². The second-order valence-corrected chi connectivity index (χ2v) is 7.17. The molecule has 0 atom stereocenters. The second-order valence-electron chi connectivity index (χ2n) is 6.35. The minimum absolute atomic E-state index is 0.144. The van der Waals surface area contributed by atoms with Crippen LogP contribution in [0.3, 0.4) is 0 Å². The molecule has 0 aliphatic rings. The highest BCUT2D eigenvalue weighted by Gasteiger charge is 2.12. The van der Waals surface area contributed by atoms with Gasteiger partial charge in [0.1, 0.15) is 12.4 Å². The van der Waals surface area contributed by atoms with E-state index in [1.54, 1.807) is 12.1 Å². The van der Waals surface area contributed by atoms with E-state index in [4.69, 9.17) is 37.8 Å². The molecule has 0 aliphatic carbocycles. The van der Waals surface area contributed by atoms with Gasteiger partial charge in [-0.2, -0.15) is 0 Å². The lowest BCUT2D eigenvalue weighted by Crippen LogP contribution is -2.24. The summed E-state index contributed by atoms with van der Waals surface area (Å²) in [6.07, 6.45) is 0.940. The smallest absolute Gasteiger partial charge is 0.163 e. The molecule has 0 fully saturated rings. The van der Waals surface area contributed by atoms with Crippen molar-refractivity contribution in [2.75, 3.05) is 32.8 Å². The zero-order valence-electron chi connectivity index (χ0n) is 16.4. The number of aliphatic hydroxyl groups excluding tert-OH is 1. The Morgan fingerprint density at radius 3 is 2.38 bits per heavy atom. The van der Waals surface area contributed by atoms with Crippen LogP contribution >= 0.6 is 23.2 Å². The first kappa shape index (κ1) is 23.7. The monoisotopic (exact) mass is 444 g/mol. The quantitative estimate of drug-likeness (QED) is 0.404. The molecule has 5 nitrogen and oxygen atoms in total. The van der Waals surface area contributed by atoms with Gasteiger partial charge in [-0.25, -0.2) is 4.39 Å². The minimum Gasteiger partial charge on any atom is -0.490 e. The summed E-state index contributed by atoms with van der Waals surface area (Å²) in [5, 5.41) is 16.1. The maximum atomic E-state index is 13.2. The van der Waals surface area contributed by atoms with Crippen LogP contribution in [0.15, 0.2) is 30.3 Å². The fraction of sp³-hybridized carbons (Fsp3) is 0.429. The third-order valence-electron chi connectivity index (χ3n) is 4.12. The van der Waals surface area contributed by atoms with Crippen LogP contribution in [0.25, 0.3) is 0 Å². The van der Waals surface area contributed by atoms with Crippen molar-refractivity contribution in [3.8, 4) is 11.5 Å². The third kappa shape index (κ3) is 7.99. The zero-order chi connectivity index (χ0) is 21.1. The lowest BCUT2D eigenvalue weighted by molar-refractivity contribution is 0.269. The van der Waals surface area contributed by atoms with Crippen molar-refractivity contribution in [2.24, 2.45) is 0 Å². The normalized spacial score (nSPS) is 10.9. The molecule has 0 saturated carbocycles. The molecule has 0 saturated heterocycles. The van der Waals surface area contributed by atoms with Crippen LogP contribution in [0, 0.1) is 5.82 Å². The SMILES string of the molecule is CCOc1cc(CNCCCNCCO)c(Cl)cc1OCc1ccc(F)cc1Cl. The van der Waals surface area contributed by atoms with Crippen LogP contribution in [0.5, 0.6) is 11.5 Å². The third-order valence-corrected chi connectivity index (χ3v) is 4.83. The zero-order valence-corrected chi connectivity index (χ0v) is 18.0. The number of nitrogens with one attached hydrogen (secondary N) is 2. The molecule has 2 aromatic carbocycles. The number of benzene rings is 2. The van der Waals surface area contributed by atoms with Gasteiger partial charge in [0.15, 0.2) is 11.5 Å². The molecule has 0 aliphatic heterocycles. The molecule has 0 bridgehead atoms. The first-order valence-corrected chi connectivity index (χ1v) is 10.3. The topological polar surface area (TPSA) is 62.8 Å². The summed E-state index contributed by atoms with van der Waals surface area (Å²) in [6.45, 7) is 5.56. The van der Waals surface area contributed by atoms with Gasteiger partial charge in [0.25, 0.3) is 0 Å². The van der Waals surface area contributed by atoms with Crippen molar-refractivity contribution in [3.63, 3.8) is 0 Å². The van der Waals surface area contributed by atoms with Crippen molar-refractivity contribution < 1.29 is 19.0 Å². The van der Waals surface area contributed by atoms with Crippen LogP contribution in [-0.4, -0.2) is 38.0 Å². The number of halogens is 3. The standard InChI is InChI=1S/C21H27Cl2FN2O3/c1-2-28-20-10-16(13-26-7-3-6-25-8-9-27)19(23)12-21(20)29-14-15-4-5-17(24)11-18(15)22/h4-5,10-12,25-27H,2-3,6-9,13-14H2,1H3. The van der Waals surface area contributed by atoms with Crippen LogP contribution in [0.1, 0.15) is 24.5 Å². The molecule has 160 valence electrons. The second kappa shape index (κ2) is 12.9. The molecular weight excluding hydrogens is 418 g/mol. The minimum atomic E-state index is -0.391. The fourth-order valence-corrected chi connectivity index (χ4v) is 3.10. The van der Waals surface area contributed by atoms with Crippen LogP contribution < -0.4 is 20.1 Å².